The minimum Gasteiger partial charge on any atom is -0.378 e. The number of aromatic nitrogens is 1. The Kier molecular flexibility index (Phi) is 4.82. The Labute approximate surface area is 117 Å². The van der Waals surface area contributed by atoms with Crippen molar-refractivity contribution in [3.63, 3.8) is 0 Å². The van der Waals surface area contributed by atoms with Crippen molar-refractivity contribution in [3.05, 3.63) is 51.8 Å². The van der Waals surface area contributed by atoms with E-state index in [1.165, 1.54) is 0 Å². The average molecular weight is 285 g/mol. The second kappa shape index (κ2) is 5.94. The summed E-state index contributed by atoms with van der Waals surface area (Å²) in [4.78, 5) is 16.2. The zero-order chi connectivity index (χ0) is 12.4. The lowest BCUT2D eigenvalue weighted by atomic mass is 10.1. The van der Waals surface area contributed by atoms with E-state index >= 15 is 0 Å². The molecule has 1 aromatic carbocycles. The molecule has 1 aromatic heterocycles. The predicted molar refractivity (Wildman–Crippen MR) is 79.1 cm³/mol. The lowest BCUT2D eigenvalue weighted by Gasteiger charge is -2.12. The summed E-state index contributed by atoms with van der Waals surface area (Å²) in [7, 11) is 3.97. The number of halogens is 2. The first-order chi connectivity index (χ1) is 8.08. The Morgan fingerprint density at radius 3 is 2.17 bits per heavy atom. The number of pyridine rings is 1. The molecule has 18 heavy (non-hydrogen) atoms. The monoisotopic (exact) mass is 284 g/mol. The Hall–Kier alpha value is -1.45. The molecular weight excluding hydrogens is 271 g/mol. The Balaban J connectivity index is 0.00000162. The topological polar surface area (TPSA) is 36.1 Å². The van der Waals surface area contributed by atoms with Gasteiger partial charge in [0.15, 0.2) is 0 Å². The number of hydrogen-bond acceptors (Lipinski definition) is 2. The van der Waals surface area contributed by atoms with Crippen molar-refractivity contribution in [2.75, 3.05) is 19.0 Å². The average Bonchev–Trinajstić information content (AvgIpc) is 2.33. The van der Waals surface area contributed by atoms with Crippen molar-refractivity contribution in [1.29, 1.82) is 0 Å². The molecule has 1 N–H and O–H groups in total. The van der Waals surface area contributed by atoms with Crippen LogP contribution in [0.25, 0.3) is 11.3 Å². The van der Waals surface area contributed by atoms with Crippen molar-refractivity contribution >= 4 is 29.7 Å². The highest BCUT2D eigenvalue weighted by Crippen LogP contribution is 2.20. The molecule has 96 valence electrons. The van der Waals surface area contributed by atoms with Crippen molar-refractivity contribution in [2.45, 2.75) is 0 Å². The number of benzene rings is 1. The minimum absolute atomic E-state index is 0. The molecule has 0 saturated carbocycles. The van der Waals surface area contributed by atoms with Gasteiger partial charge in [0.1, 0.15) is 5.02 Å². The summed E-state index contributed by atoms with van der Waals surface area (Å²) in [6.45, 7) is 0. The van der Waals surface area contributed by atoms with Crippen LogP contribution in [0.3, 0.4) is 0 Å². The molecule has 0 saturated heterocycles. The van der Waals surface area contributed by atoms with Crippen LogP contribution >= 0.6 is 24.0 Å². The largest absolute Gasteiger partial charge is 0.378 e. The van der Waals surface area contributed by atoms with Gasteiger partial charge in [0.05, 0.1) is 0 Å². The summed E-state index contributed by atoms with van der Waals surface area (Å²) in [5, 5.41) is 0.207. The van der Waals surface area contributed by atoms with E-state index in [1.54, 1.807) is 12.1 Å². The van der Waals surface area contributed by atoms with E-state index in [0.717, 1.165) is 16.9 Å². The van der Waals surface area contributed by atoms with Gasteiger partial charge in [-0.05, 0) is 29.8 Å². The fraction of sp³-hybridized carbons (Fsp3) is 0.154. The molecule has 3 nitrogen and oxygen atoms in total. The third-order valence-corrected chi connectivity index (χ3v) is 2.85. The molecule has 0 aliphatic carbocycles. The number of hydrogen-bond donors (Lipinski definition) is 1. The van der Waals surface area contributed by atoms with Gasteiger partial charge < -0.3 is 9.88 Å². The van der Waals surface area contributed by atoms with Crippen LogP contribution in [-0.4, -0.2) is 19.1 Å². The minimum atomic E-state index is -0.263. The lowest BCUT2D eigenvalue weighted by molar-refractivity contribution is 1.13. The van der Waals surface area contributed by atoms with Gasteiger partial charge in [-0.25, -0.2) is 0 Å². The van der Waals surface area contributed by atoms with Gasteiger partial charge in [0.2, 0.25) is 0 Å². The highest BCUT2D eigenvalue weighted by molar-refractivity contribution is 6.30. The molecular formula is C13H14Cl2N2O. The molecule has 2 rings (SSSR count). The van der Waals surface area contributed by atoms with Gasteiger partial charge in [0, 0.05) is 25.5 Å². The van der Waals surface area contributed by atoms with E-state index in [1.807, 2.05) is 43.3 Å². The van der Waals surface area contributed by atoms with Crippen LogP contribution < -0.4 is 10.5 Å². The Morgan fingerprint density at radius 2 is 1.67 bits per heavy atom. The van der Waals surface area contributed by atoms with Gasteiger partial charge in [0.25, 0.3) is 5.56 Å². The van der Waals surface area contributed by atoms with Gasteiger partial charge >= 0.3 is 0 Å². The molecule has 1 heterocycles. The number of aromatic amines is 1. The van der Waals surface area contributed by atoms with Crippen molar-refractivity contribution in [3.8, 4) is 11.3 Å². The smallest absolute Gasteiger partial charge is 0.267 e. The molecule has 2 aromatic rings. The number of rotatable bonds is 2. The molecule has 0 bridgehead atoms. The van der Waals surface area contributed by atoms with Crippen LogP contribution in [0.5, 0.6) is 0 Å². The van der Waals surface area contributed by atoms with E-state index in [9.17, 15) is 4.79 Å². The normalized spacial score (nSPS) is 9.72. The Bertz CT molecular complexity index is 576. The third kappa shape index (κ3) is 3.06. The standard InChI is InChI=1S/C13H13ClN2O.ClH/c1-16(2)10-5-3-9(4-6-10)12-8-7-11(14)13(17)15-12;/h3-8H,1-2H3,(H,15,17);1H. The lowest BCUT2D eigenvalue weighted by Crippen LogP contribution is -2.08. The number of nitrogens with one attached hydrogen (secondary N) is 1. The quantitative estimate of drug-likeness (QED) is 0.920. The summed E-state index contributed by atoms with van der Waals surface area (Å²) >= 11 is 5.68. The molecule has 0 radical (unpaired) electrons. The first-order valence-electron chi connectivity index (χ1n) is 5.24. The molecule has 0 aliphatic heterocycles. The summed E-state index contributed by atoms with van der Waals surface area (Å²) in [5.74, 6) is 0. The van der Waals surface area contributed by atoms with Crippen molar-refractivity contribution in [2.24, 2.45) is 0 Å². The Morgan fingerprint density at radius 1 is 1.06 bits per heavy atom. The molecule has 5 heteroatoms. The van der Waals surface area contributed by atoms with E-state index in [4.69, 9.17) is 11.6 Å². The molecule has 0 atom stereocenters. The van der Waals surface area contributed by atoms with E-state index in [2.05, 4.69) is 4.98 Å². The molecule has 0 spiro atoms. The SMILES string of the molecule is CN(C)c1ccc(-c2ccc(Cl)c(=O)[nH]2)cc1.Cl. The number of nitrogens with zero attached hydrogens (tertiary/aromatic N) is 1. The van der Waals surface area contributed by atoms with Crippen LogP contribution in [0.1, 0.15) is 0 Å². The molecule has 0 aliphatic rings. The fourth-order valence-corrected chi connectivity index (χ4v) is 1.67. The fourth-order valence-electron chi connectivity index (χ4n) is 1.56. The molecule has 0 unspecified atom stereocenters. The first kappa shape index (κ1) is 14.6. The maximum absolute atomic E-state index is 11.4. The highest BCUT2D eigenvalue weighted by atomic mass is 35.5. The number of H-pyrrole nitrogens is 1. The van der Waals surface area contributed by atoms with Gasteiger partial charge in [-0.15, -0.1) is 12.4 Å². The molecule has 0 fully saturated rings. The second-order valence-corrected chi connectivity index (χ2v) is 4.40. The summed E-state index contributed by atoms with van der Waals surface area (Å²) in [6.07, 6.45) is 0. The molecule has 0 amide bonds. The summed E-state index contributed by atoms with van der Waals surface area (Å²) in [5.41, 5.74) is 2.58. The maximum atomic E-state index is 11.4. The first-order valence-corrected chi connectivity index (χ1v) is 5.62. The van der Waals surface area contributed by atoms with Crippen molar-refractivity contribution < 1.29 is 0 Å². The van der Waals surface area contributed by atoms with E-state index in [-0.39, 0.29) is 23.0 Å². The van der Waals surface area contributed by atoms with Crippen LogP contribution in [0.15, 0.2) is 41.2 Å². The van der Waals surface area contributed by atoms with Crippen LogP contribution in [0, 0.1) is 0 Å². The van der Waals surface area contributed by atoms with Crippen LogP contribution in [-0.2, 0) is 0 Å². The van der Waals surface area contributed by atoms with Gasteiger partial charge in [-0.3, -0.25) is 4.79 Å². The van der Waals surface area contributed by atoms with E-state index in [0.29, 0.717) is 0 Å². The van der Waals surface area contributed by atoms with Gasteiger partial charge in [-0.1, -0.05) is 23.7 Å². The second-order valence-electron chi connectivity index (χ2n) is 3.99. The van der Waals surface area contributed by atoms with Crippen molar-refractivity contribution in [1.82, 2.24) is 4.98 Å². The van der Waals surface area contributed by atoms with Gasteiger partial charge in [-0.2, -0.15) is 0 Å². The van der Waals surface area contributed by atoms with Crippen LogP contribution in [0.4, 0.5) is 5.69 Å². The maximum Gasteiger partial charge on any atom is 0.267 e. The zero-order valence-electron chi connectivity index (χ0n) is 10.1. The number of anilines is 1. The summed E-state index contributed by atoms with van der Waals surface area (Å²) < 4.78 is 0. The third-order valence-electron chi connectivity index (χ3n) is 2.56. The van der Waals surface area contributed by atoms with Crippen LogP contribution in [0.2, 0.25) is 5.02 Å². The highest BCUT2D eigenvalue weighted by Gasteiger charge is 2.02. The predicted octanol–water partition coefficient (Wildman–Crippen LogP) is 3.18. The summed E-state index contributed by atoms with van der Waals surface area (Å²) in [6, 6.07) is 11.3. The zero-order valence-corrected chi connectivity index (χ0v) is 11.7. The van der Waals surface area contributed by atoms with E-state index < -0.39 is 0 Å².